The zero-order chi connectivity index (χ0) is 20.7. The Morgan fingerprint density at radius 1 is 0.867 bits per heavy atom. The second-order valence-electron chi connectivity index (χ2n) is 7.04. The summed E-state index contributed by atoms with van der Waals surface area (Å²) in [5.41, 5.74) is 2.83. The van der Waals surface area contributed by atoms with E-state index in [0.717, 1.165) is 5.56 Å². The smallest absolute Gasteiger partial charge is 0.261 e. The highest BCUT2D eigenvalue weighted by Gasteiger charge is 2.34. The first-order chi connectivity index (χ1) is 14.6. The number of carbonyl (C=O) groups excluding carboxylic acids is 2. The van der Waals surface area contributed by atoms with E-state index in [4.69, 9.17) is 9.47 Å². The van der Waals surface area contributed by atoms with E-state index >= 15 is 0 Å². The highest BCUT2D eigenvalue weighted by Crippen LogP contribution is 2.35. The zero-order valence-corrected chi connectivity index (χ0v) is 15.8. The number of nitrogens with zero attached hydrogens (tertiary/aromatic N) is 1. The minimum absolute atomic E-state index is 0.101. The molecule has 3 aromatic rings. The fraction of sp³-hybridized carbons (Fsp3) is 0.0833. The minimum Gasteiger partial charge on any atom is -0.454 e. The van der Waals surface area contributed by atoms with Crippen molar-refractivity contribution in [2.45, 2.75) is 6.54 Å². The van der Waals surface area contributed by atoms with Gasteiger partial charge < -0.3 is 9.47 Å². The molecule has 0 aromatic heterocycles. The van der Waals surface area contributed by atoms with Gasteiger partial charge in [-0.05, 0) is 53.1 Å². The van der Waals surface area contributed by atoms with Crippen molar-refractivity contribution in [1.29, 1.82) is 0 Å². The van der Waals surface area contributed by atoms with Crippen LogP contribution in [0.5, 0.6) is 11.5 Å². The van der Waals surface area contributed by atoms with Crippen molar-refractivity contribution < 1.29 is 23.5 Å². The summed E-state index contributed by atoms with van der Waals surface area (Å²) in [6.07, 6.45) is 1.68. The van der Waals surface area contributed by atoms with E-state index in [1.807, 2.05) is 0 Å². The van der Waals surface area contributed by atoms with Gasteiger partial charge in [0, 0.05) is 11.1 Å². The van der Waals surface area contributed by atoms with E-state index in [-0.39, 0.29) is 25.1 Å². The first kappa shape index (κ1) is 18.1. The van der Waals surface area contributed by atoms with E-state index in [1.165, 1.54) is 17.0 Å². The lowest BCUT2D eigenvalue weighted by Crippen LogP contribution is -2.41. The molecule has 0 unspecified atom stereocenters. The maximum atomic E-state index is 13.3. The summed E-state index contributed by atoms with van der Waals surface area (Å²) < 4.78 is 24.0. The second-order valence-corrected chi connectivity index (χ2v) is 7.04. The molecule has 0 radical (unpaired) electrons. The van der Waals surface area contributed by atoms with Crippen LogP contribution >= 0.6 is 0 Å². The highest BCUT2D eigenvalue weighted by molar-refractivity contribution is 6.33. The lowest BCUT2D eigenvalue weighted by atomic mass is 9.91. The van der Waals surface area contributed by atoms with Gasteiger partial charge >= 0.3 is 0 Å². The van der Waals surface area contributed by atoms with Crippen LogP contribution in [0.2, 0.25) is 0 Å². The monoisotopic (exact) mass is 401 g/mol. The fourth-order valence-electron chi connectivity index (χ4n) is 3.63. The van der Waals surface area contributed by atoms with Crippen molar-refractivity contribution in [3.05, 3.63) is 94.8 Å². The topological polar surface area (TPSA) is 55.8 Å². The Hall–Kier alpha value is -3.93. The molecule has 0 bridgehead atoms. The van der Waals surface area contributed by atoms with Gasteiger partial charge in [-0.15, -0.1) is 0 Å². The number of ether oxygens (including phenoxy) is 2. The lowest BCUT2D eigenvalue weighted by Gasteiger charge is -2.28. The first-order valence-electron chi connectivity index (χ1n) is 9.41. The molecule has 2 aliphatic heterocycles. The van der Waals surface area contributed by atoms with E-state index in [0.29, 0.717) is 33.8 Å². The minimum atomic E-state index is -0.402. The molecule has 0 aliphatic carbocycles. The molecule has 0 saturated heterocycles. The Bertz CT molecular complexity index is 1200. The average Bonchev–Trinajstić information content (AvgIpc) is 3.23. The molecule has 0 saturated carbocycles. The van der Waals surface area contributed by atoms with Crippen LogP contribution in [-0.4, -0.2) is 23.5 Å². The van der Waals surface area contributed by atoms with Gasteiger partial charge in [-0.3, -0.25) is 14.5 Å². The number of imide groups is 1. The maximum absolute atomic E-state index is 13.3. The predicted molar refractivity (Wildman–Crippen MR) is 108 cm³/mol. The van der Waals surface area contributed by atoms with Gasteiger partial charge in [-0.1, -0.05) is 36.4 Å². The van der Waals surface area contributed by atoms with Crippen LogP contribution in [-0.2, 0) is 11.3 Å². The molecule has 3 aromatic carbocycles. The van der Waals surface area contributed by atoms with Crippen molar-refractivity contribution in [3.8, 4) is 11.5 Å². The van der Waals surface area contributed by atoms with Gasteiger partial charge in [-0.25, -0.2) is 4.39 Å². The Kier molecular flexibility index (Phi) is 4.32. The molecular formula is C24H16FNO4. The number of hydrogen-bond acceptors (Lipinski definition) is 4. The van der Waals surface area contributed by atoms with Crippen molar-refractivity contribution in [1.82, 2.24) is 4.90 Å². The van der Waals surface area contributed by atoms with Gasteiger partial charge in [0.15, 0.2) is 11.5 Å². The fourth-order valence-corrected chi connectivity index (χ4v) is 3.63. The highest BCUT2D eigenvalue weighted by atomic mass is 19.1. The molecule has 0 fully saturated rings. The van der Waals surface area contributed by atoms with Crippen LogP contribution < -0.4 is 9.47 Å². The van der Waals surface area contributed by atoms with Gasteiger partial charge in [0.25, 0.3) is 11.8 Å². The van der Waals surface area contributed by atoms with E-state index in [2.05, 4.69) is 0 Å². The summed E-state index contributed by atoms with van der Waals surface area (Å²) in [5.74, 6) is 0.113. The SMILES string of the molecule is O=C1/C(=C/c2ccc(F)cc2)c2ccccc2C(=O)N1Cc1ccc2c(c1)OCO2. The zero-order valence-electron chi connectivity index (χ0n) is 15.8. The molecule has 5 nitrogen and oxygen atoms in total. The van der Waals surface area contributed by atoms with Gasteiger partial charge in [0.2, 0.25) is 6.79 Å². The molecule has 2 aliphatic rings. The Labute approximate surface area is 172 Å². The van der Waals surface area contributed by atoms with Crippen molar-refractivity contribution in [2.75, 3.05) is 6.79 Å². The van der Waals surface area contributed by atoms with Crippen LogP contribution in [0.3, 0.4) is 0 Å². The summed E-state index contributed by atoms with van der Waals surface area (Å²) in [4.78, 5) is 27.6. The summed E-state index contributed by atoms with van der Waals surface area (Å²) in [7, 11) is 0. The molecule has 0 spiro atoms. The Morgan fingerprint density at radius 2 is 1.60 bits per heavy atom. The molecule has 30 heavy (non-hydrogen) atoms. The summed E-state index contributed by atoms with van der Waals surface area (Å²) >= 11 is 0. The Morgan fingerprint density at radius 3 is 2.40 bits per heavy atom. The second kappa shape index (κ2) is 7.15. The quantitative estimate of drug-likeness (QED) is 0.486. The number of carbonyl (C=O) groups is 2. The van der Waals surface area contributed by atoms with Crippen LogP contribution in [0.15, 0.2) is 66.7 Å². The van der Waals surface area contributed by atoms with Crippen LogP contribution in [0.4, 0.5) is 4.39 Å². The van der Waals surface area contributed by atoms with Crippen molar-refractivity contribution >= 4 is 23.5 Å². The molecule has 5 rings (SSSR count). The Balaban J connectivity index is 1.55. The van der Waals surface area contributed by atoms with Crippen LogP contribution in [0.1, 0.15) is 27.0 Å². The normalized spacial score (nSPS) is 16.2. The van der Waals surface area contributed by atoms with Gasteiger partial charge in [0.05, 0.1) is 6.54 Å². The largest absolute Gasteiger partial charge is 0.454 e. The summed E-state index contributed by atoms with van der Waals surface area (Å²) in [5, 5.41) is 0. The first-order valence-corrected chi connectivity index (χ1v) is 9.41. The average molecular weight is 401 g/mol. The van der Waals surface area contributed by atoms with Gasteiger partial charge in [-0.2, -0.15) is 0 Å². The number of hydrogen-bond donors (Lipinski definition) is 0. The molecule has 2 heterocycles. The maximum Gasteiger partial charge on any atom is 0.261 e. The van der Waals surface area contributed by atoms with Crippen molar-refractivity contribution in [3.63, 3.8) is 0 Å². The molecule has 148 valence electrons. The van der Waals surface area contributed by atoms with Gasteiger partial charge in [0.1, 0.15) is 5.82 Å². The van der Waals surface area contributed by atoms with E-state index in [1.54, 1.807) is 60.7 Å². The summed E-state index contributed by atoms with van der Waals surface area (Å²) in [6, 6.07) is 18.2. The molecule has 6 heteroatoms. The molecular weight excluding hydrogens is 385 g/mol. The van der Waals surface area contributed by atoms with E-state index in [9.17, 15) is 14.0 Å². The molecule has 2 amide bonds. The summed E-state index contributed by atoms with van der Waals surface area (Å²) in [6.45, 7) is 0.252. The third kappa shape index (κ3) is 3.12. The number of benzene rings is 3. The molecule has 0 atom stereocenters. The van der Waals surface area contributed by atoms with Crippen LogP contribution in [0, 0.1) is 5.82 Å². The van der Waals surface area contributed by atoms with Crippen molar-refractivity contribution in [2.24, 2.45) is 0 Å². The van der Waals surface area contributed by atoms with E-state index < -0.39 is 5.91 Å². The lowest BCUT2D eigenvalue weighted by molar-refractivity contribution is -0.123. The van der Waals surface area contributed by atoms with Crippen LogP contribution in [0.25, 0.3) is 11.6 Å². The number of rotatable bonds is 3. The third-order valence-corrected chi connectivity index (χ3v) is 5.13. The standard InChI is InChI=1S/C24H16FNO4/c25-17-8-5-15(6-9-17)11-20-18-3-1-2-4-19(18)23(27)26(24(20)28)13-16-7-10-21-22(12-16)30-14-29-21/h1-12H,13-14H2/b20-11+. The third-order valence-electron chi connectivity index (χ3n) is 5.13. The molecule has 0 N–H and O–H groups in total. The number of amides is 2. The number of fused-ring (bicyclic) bond motifs is 2. The predicted octanol–water partition coefficient (Wildman–Crippen LogP) is 4.28. The number of halogens is 1.